The summed E-state index contributed by atoms with van der Waals surface area (Å²) in [6.07, 6.45) is 3.62. The van der Waals surface area contributed by atoms with Crippen molar-refractivity contribution in [1.29, 1.82) is 0 Å². The number of nitrogens with zero attached hydrogens (tertiary/aromatic N) is 1. The normalized spacial score (nSPS) is 26.3. The zero-order chi connectivity index (χ0) is 13.4. The van der Waals surface area contributed by atoms with Crippen LogP contribution in [0.4, 0.5) is 11.4 Å². The van der Waals surface area contributed by atoms with Gasteiger partial charge < -0.3 is 16.8 Å². The Morgan fingerprint density at radius 1 is 1.32 bits per heavy atom. The lowest BCUT2D eigenvalue weighted by molar-refractivity contribution is 0.100. The average Bonchev–Trinajstić information content (AvgIpc) is 2.96. The van der Waals surface area contributed by atoms with Gasteiger partial charge in [-0.15, -0.1) is 0 Å². The lowest BCUT2D eigenvalue weighted by Gasteiger charge is -2.23. The van der Waals surface area contributed by atoms with E-state index in [9.17, 15) is 4.79 Å². The molecule has 1 aromatic rings. The van der Waals surface area contributed by atoms with Crippen LogP contribution in [0.2, 0.25) is 0 Å². The first-order valence-corrected chi connectivity index (χ1v) is 6.85. The van der Waals surface area contributed by atoms with Gasteiger partial charge >= 0.3 is 0 Å². The van der Waals surface area contributed by atoms with Gasteiger partial charge in [-0.25, -0.2) is 0 Å². The fourth-order valence-corrected chi connectivity index (χ4v) is 3.34. The number of nitrogens with one attached hydrogen (secondary N) is 1. The van der Waals surface area contributed by atoms with Gasteiger partial charge in [0, 0.05) is 30.0 Å². The molecular weight excluding hydrogens is 240 g/mol. The second kappa shape index (κ2) is 4.74. The molecule has 2 fully saturated rings. The molecule has 0 saturated carbocycles. The maximum atomic E-state index is 11.5. The van der Waals surface area contributed by atoms with Crippen molar-refractivity contribution < 1.29 is 4.79 Å². The Labute approximate surface area is 112 Å². The number of carbonyl (C=O) groups is 1. The predicted molar refractivity (Wildman–Crippen MR) is 76.0 cm³/mol. The van der Waals surface area contributed by atoms with E-state index in [1.807, 2.05) is 6.07 Å². The Bertz CT molecular complexity index is 502. The van der Waals surface area contributed by atoms with E-state index in [0.717, 1.165) is 18.7 Å². The van der Waals surface area contributed by atoms with E-state index < -0.39 is 5.91 Å². The van der Waals surface area contributed by atoms with E-state index in [1.165, 1.54) is 19.4 Å². The number of fused-ring (bicyclic) bond motifs is 1. The molecule has 5 N–H and O–H groups in total. The molecule has 2 aliphatic rings. The molecule has 1 aromatic carbocycles. The highest BCUT2D eigenvalue weighted by molar-refractivity contribution is 5.99. The number of benzene rings is 1. The summed E-state index contributed by atoms with van der Waals surface area (Å²) in [6.45, 7) is 2.34. The van der Waals surface area contributed by atoms with Gasteiger partial charge in [0.05, 0.1) is 5.56 Å². The number of hydrogen-bond acceptors (Lipinski definition) is 4. The van der Waals surface area contributed by atoms with Gasteiger partial charge in [0.2, 0.25) is 0 Å². The van der Waals surface area contributed by atoms with Gasteiger partial charge in [0.25, 0.3) is 5.91 Å². The molecule has 2 atom stereocenters. The fraction of sp³-hybridized carbons (Fsp3) is 0.500. The summed E-state index contributed by atoms with van der Waals surface area (Å²) in [5.41, 5.74) is 13.0. The molecule has 2 saturated heterocycles. The highest BCUT2D eigenvalue weighted by Gasteiger charge is 2.37. The molecule has 102 valence electrons. The van der Waals surface area contributed by atoms with Crippen molar-refractivity contribution in [3.8, 4) is 0 Å². The number of amides is 1. The summed E-state index contributed by atoms with van der Waals surface area (Å²) in [7, 11) is 0. The van der Waals surface area contributed by atoms with Crippen molar-refractivity contribution in [3.63, 3.8) is 0 Å². The van der Waals surface area contributed by atoms with Crippen LogP contribution in [0.3, 0.4) is 0 Å². The minimum atomic E-state index is -0.434. The molecule has 0 aromatic heterocycles. The molecule has 0 radical (unpaired) electrons. The highest BCUT2D eigenvalue weighted by atomic mass is 16.1. The summed E-state index contributed by atoms with van der Waals surface area (Å²) in [5.74, 6) is -0.434. The highest BCUT2D eigenvalue weighted by Crippen LogP contribution is 2.31. The van der Waals surface area contributed by atoms with Crippen molar-refractivity contribution in [2.45, 2.75) is 31.3 Å². The molecule has 19 heavy (non-hydrogen) atoms. The molecular formula is C14H20N4O. The van der Waals surface area contributed by atoms with Crippen molar-refractivity contribution in [2.75, 3.05) is 24.1 Å². The number of primary amides is 1. The van der Waals surface area contributed by atoms with Crippen LogP contribution in [-0.4, -0.2) is 36.0 Å². The number of carbonyl (C=O) groups excluding carboxylic acids is 1. The van der Waals surface area contributed by atoms with Crippen LogP contribution < -0.4 is 16.8 Å². The summed E-state index contributed by atoms with van der Waals surface area (Å²) in [6, 6.07) is 6.30. The first-order valence-electron chi connectivity index (χ1n) is 6.85. The van der Waals surface area contributed by atoms with Gasteiger partial charge in [-0.05, 0) is 44.0 Å². The Morgan fingerprint density at radius 3 is 2.95 bits per heavy atom. The molecule has 2 aliphatic heterocycles. The van der Waals surface area contributed by atoms with Crippen LogP contribution in [0, 0.1) is 0 Å². The molecule has 2 heterocycles. The van der Waals surface area contributed by atoms with Gasteiger partial charge in [-0.2, -0.15) is 0 Å². The van der Waals surface area contributed by atoms with Crippen molar-refractivity contribution >= 4 is 17.3 Å². The van der Waals surface area contributed by atoms with Gasteiger partial charge in [0.15, 0.2) is 0 Å². The Kier molecular flexibility index (Phi) is 3.06. The predicted octanol–water partition coefficient (Wildman–Crippen LogP) is 1.02. The van der Waals surface area contributed by atoms with Gasteiger partial charge in [0.1, 0.15) is 0 Å². The molecule has 3 rings (SSSR count). The van der Waals surface area contributed by atoms with E-state index in [1.54, 1.807) is 12.1 Å². The number of rotatable bonds is 3. The van der Waals surface area contributed by atoms with Crippen LogP contribution in [0.1, 0.15) is 29.6 Å². The largest absolute Gasteiger partial charge is 0.399 e. The SMILES string of the molecule is NC(=O)c1cc(N)ccc1NC1CCN2CCCC12. The van der Waals surface area contributed by atoms with Gasteiger partial charge in [-0.3, -0.25) is 9.69 Å². The average molecular weight is 260 g/mol. The maximum absolute atomic E-state index is 11.5. The molecule has 0 aliphatic carbocycles. The van der Waals surface area contributed by atoms with Crippen LogP contribution in [0.15, 0.2) is 18.2 Å². The van der Waals surface area contributed by atoms with Crippen molar-refractivity contribution in [3.05, 3.63) is 23.8 Å². The number of anilines is 2. The Hall–Kier alpha value is -1.75. The Balaban J connectivity index is 1.81. The monoisotopic (exact) mass is 260 g/mol. The third-order valence-corrected chi connectivity index (χ3v) is 4.26. The van der Waals surface area contributed by atoms with Crippen LogP contribution in [0.5, 0.6) is 0 Å². The van der Waals surface area contributed by atoms with E-state index in [2.05, 4.69) is 10.2 Å². The smallest absolute Gasteiger partial charge is 0.250 e. The van der Waals surface area contributed by atoms with Crippen LogP contribution in [-0.2, 0) is 0 Å². The number of nitrogens with two attached hydrogens (primary N) is 2. The lowest BCUT2D eigenvalue weighted by atomic mass is 10.0. The van der Waals surface area contributed by atoms with Crippen LogP contribution >= 0.6 is 0 Å². The minimum Gasteiger partial charge on any atom is -0.399 e. The zero-order valence-corrected chi connectivity index (χ0v) is 10.9. The lowest BCUT2D eigenvalue weighted by Crippen LogP contribution is -2.34. The van der Waals surface area contributed by atoms with Gasteiger partial charge in [-0.1, -0.05) is 0 Å². The third-order valence-electron chi connectivity index (χ3n) is 4.26. The van der Waals surface area contributed by atoms with E-state index in [0.29, 0.717) is 23.3 Å². The zero-order valence-electron chi connectivity index (χ0n) is 10.9. The standard InChI is InChI=1S/C14H20N4O/c15-9-3-4-11(10(8-9)14(16)19)17-12-5-7-18-6-1-2-13(12)18/h3-4,8,12-13,17H,1-2,5-7,15H2,(H2,16,19). The second-order valence-corrected chi connectivity index (χ2v) is 5.45. The molecule has 5 heteroatoms. The summed E-state index contributed by atoms with van der Waals surface area (Å²) < 4.78 is 0. The topological polar surface area (TPSA) is 84.4 Å². The fourth-order valence-electron chi connectivity index (χ4n) is 3.34. The third kappa shape index (κ3) is 2.26. The first kappa shape index (κ1) is 12.3. The number of hydrogen-bond donors (Lipinski definition) is 3. The number of nitrogen functional groups attached to an aromatic ring is 1. The Morgan fingerprint density at radius 2 is 2.16 bits per heavy atom. The van der Waals surface area contributed by atoms with E-state index in [4.69, 9.17) is 11.5 Å². The maximum Gasteiger partial charge on any atom is 0.250 e. The minimum absolute atomic E-state index is 0.407. The molecule has 2 unspecified atom stereocenters. The van der Waals surface area contributed by atoms with Crippen molar-refractivity contribution in [1.82, 2.24) is 4.90 Å². The molecule has 5 nitrogen and oxygen atoms in total. The quantitative estimate of drug-likeness (QED) is 0.708. The molecule has 0 bridgehead atoms. The van der Waals surface area contributed by atoms with E-state index in [-0.39, 0.29) is 0 Å². The summed E-state index contributed by atoms with van der Waals surface area (Å²) >= 11 is 0. The van der Waals surface area contributed by atoms with E-state index >= 15 is 0 Å². The van der Waals surface area contributed by atoms with Crippen molar-refractivity contribution in [2.24, 2.45) is 5.73 Å². The summed E-state index contributed by atoms with van der Waals surface area (Å²) in [5, 5.41) is 3.49. The second-order valence-electron chi connectivity index (χ2n) is 5.45. The summed E-state index contributed by atoms with van der Waals surface area (Å²) in [4.78, 5) is 14.0. The first-order chi connectivity index (χ1) is 9.15. The van der Waals surface area contributed by atoms with Crippen LogP contribution in [0.25, 0.3) is 0 Å². The molecule has 0 spiro atoms. The molecule has 1 amide bonds.